The Kier molecular flexibility index (Phi) is 7.44. The third-order valence-corrected chi connectivity index (χ3v) is 8.18. The molecule has 2 aliphatic rings. The molecule has 0 saturated carbocycles. The normalized spacial score (nSPS) is 16.2. The van der Waals surface area contributed by atoms with E-state index in [1.165, 1.54) is 33.9 Å². The van der Waals surface area contributed by atoms with Crippen LogP contribution in [-0.2, 0) is 32.4 Å². The van der Waals surface area contributed by atoms with E-state index in [9.17, 15) is 18.0 Å². The Bertz CT molecular complexity index is 1150. The lowest BCUT2D eigenvalue weighted by Crippen LogP contribution is -2.30. The largest absolute Gasteiger partial charge is 0.451 e. The van der Waals surface area contributed by atoms with Gasteiger partial charge in [-0.3, -0.25) is 14.5 Å². The minimum absolute atomic E-state index is 0.0217. The molecule has 1 aromatic heterocycles. The van der Waals surface area contributed by atoms with Crippen LogP contribution in [0.4, 0.5) is 5.69 Å². The van der Waals surface area contributed by atoms with Gasteiger partial charge in [-0.05, 0) is 68.4 Å². The number of fused-ring (bicyclic) bond motifs is 1. The van der Waals surface area contributed by atoms with Gasteiger partial charge < -0.3 is 10.1 Å². The number of benzene rings is 1. The summed E-state index contributed by atoms with van der Waals surface area (Å²) in [5.74, 6) is -0.598. The Labute approximate surface area is 197 Å². The van der Waals surface area contributed by atoms with Gasteiger partial charge in [0.1, 0.15) is 10.7 Å². The van der Waals surface area contributed by atoms with Crippen molar-refractivity contribution >= 4 is 44.8 Å². The van der Waals surface area contributed by atoms with Crippen LogP contribution in [0.3, 0.4) is 0 Å². The van der Waals surface area contributed by atoms with Gasteiger partial charge in [0.25, 0.3) is 15.9 Å². The fourth-order valence-electron chi connectivity index (χ4n) is 3.90. The van der Waals surface area contributed by atoms with E-state index in [2.05, 4.69) is 15.0 Å². The van der Waals surface area contributed by atoms with Gasteiger partial charge in [-0.1, -0.05) is 12.5 Å². The van der Waals surface area contributed by atoms with Gasteiger partial charge in [0.2, 0.25) is 0 Å². The summed E-state index contributed by atoms with van der Waals surface area (Å²) in [6, 6.07) is 7.80. The first-order chi connectivity index (χ1) is 15.9. The van der Waals surface area contributed by atoms with Crippen molar-refractivity contribution in [2.45, 2.75) is 56.3 Å². The second kappa shape index (κ2) is 10.5. The number of sulfonamides is 1. The summed E-state index contributed by atoms with van der Waals surface area (Å²) >= 11 is 1.43. The quantitative estimate of drug-likeness (QED) is 0.601. The van der Waals surface area contributed by atoms with E-state index >= 15 is 0 Å². The number of rotatable bonds is 6. The third kappa shape index (κ3) is 6.20. The van der Waals surface area contributed by atoms with Crippen molar-refractivity contribution in [3.8, 4) is 0 Å². The molecule has 8 nitrogen and oxygen atoms in total. The summed E-state index contributed by atoms with van der Waals surface area (Å²) in [6.45, 7) is 0.161. The monoisotopic (exact) mass is 489 g/mol. The molecule has 10 heteroatoms. The maximum Gasteiger partial charge on any atom is 0.348 e. The molecule has 0 saturated heterocycles. The van der Waals surface area contributed by atoms with Crippen LogP contribution >= 0.6 is 11.3 Å². The number of esters is 1. The van der Waals surface area contributed by atoms with Gasteiger partial charge in [-0.2, -0.15) is 0 Å². The molecule has 0 unspecified atom stereocenters. The molecule has 0 radical (unpaired) electrons. The van der Waals surface area contributed by atoms with Gasteiger partial charge in [0.15, 0.2) is 6.61 Å². The predicted molar refractivity (Wildman–Crippen MR) is 127 cm³/mol. The minimum atomic E-state index is -3.81. The van der Waals surface area contributed by atoms with Gasteiger partial charge in [-0.25, -0.2) is 13.2 Å². The van der Waals surface area contributed by atoms with Gasteiger partial charge in [0.05, 0.1) is 4.90 Å². The molecular weight excluding hydrogens is 462 g/mol. The highest BCUT2D eigenvalue weighted by Gasteiger charge is 2.20. The number of hydrogen-bond acceptors (Lipinski definition) is 7. The van der Waals surface area contributed by atoms with Crippen LogP contribution in [0.25, 0.3) is 0 Å². The molecule has 0 spiro atoms. The fourth-order valence-corrected chi connectivity index (χ4v) is 6.18. The summed E-state index contributed by atoms with van der Waals surface area (Å²) in [5.41, 5.74) is 1.50. The first-order valence-corrected chi connectivity index (χ1v) is 13.5. The number of carbonyl (C=O) groups excluding carboxylic acids is 2. The smallest absolute Gasteiger partial charge is 0.348 e. The summed E-state index contributed by atoms with van der Waals surface area (Å²) in [7, 11) is -3.81. The zero-order valence-corrected chi connectivity index (χ0v) is 19.9. The highest BCUT2D eigenvalue weighted by Crippen LogP contribution is 2.30. The molecule has 2 N–H and O–H groups in total. The Balaban J connectivity index is 1.33. The summed E-state index contributed by atoms with van der Waals surface area (Å²) in [6.07, 6.45) is 7.67. The van der Waals surface area contributed by atoms with Crippen molar-refractivity contribution in [1.29, 1.82) is 0 Å². The Morgan fingerprint density at radius 2 is 1.85 bits per heavy atom. The van der Waals surface area contributed by atoms with E-state index in [-0.39, 0.29) is 4.90 Å². The standard InChI is InChI=1S/C23H27N3O5S2/c27-22(15-31-23(28)20-13-16-7-3-4-10-19(16)32-20)25-17-8-6-9-18(14-17)33(29,30)26-21-11-2-1-5-12-24-21/h6,8-9,13-14H,1-5,7,10-12,15H2,(H,24,26)(H,25,27). The van der Waals surface area contributed by atoms with Crippen LogP contribution in [0.2, 0.25) is 0 Å². The van der Waals surface area contributed by atoms with Gasteiger partial charge in [-0.15, -0.1) is 11.3 Å². The molecular formula is C23H27N3O5S2. The maximum atomic E-state index is 12.7. The van der Waals surface area contributed by atoms with E-state index in [1.807, 2.05) is 6.07 Å². The number of ether oxygens (including phenoxy) is 1. The van der Waals surface area contributed by atoms with Crippen LogP contribution in [-0.4, -0.2) is 39.3 Å². The van der Waals surface area contributed by atoms with E-state index in [0.717, 1.165) is 44.9 Å². The molecule has 2 heterocycles. The van der Waals surface area contributed by atoms with Crippen LogP contribution in [0.15, 0.2) is 40.2 Å². The van der Waals surface area contributed by atoms with E-state index in [4.69, 9.17) is 4.74 Å². The van der Waals surface area contributed by atoms with Crippen molar-refractivity contribution in [3.05, 3.63) is 45.6 Å². The minimum Gasteiger partial charge on any atom is -0.451 e. The molecule has 1 aromatic carbocycles. The highest BCUT2D eigenvalue weighted by atomic mass is 32.2. The second-order valence-electron chi connectivity index (χ2n) is 8.16. The average molecular weight is 490 g/mol. The number of aliphatic imine (C=N–C) groups is 1. The molecule has 0 atom stereocenters. The van der Waals surface area contributed by atoms with Crippen LogP contribution in [0, 0.1) is 0 Å². The molecule has 0 fully saturated rings. The summed E-state index contributed by atoms with van der Waals surface area (Å²) < 4.78 is 33.2. The number of hydrogen-bond donors (Lipinski definition) is 2. The second-order valence-corrected chi connectivity index (χ2v) is 11.0. The number of nitrogens with zero attached hydrogens (tertiary/aromatic N) is 1. The average Bonchev–Trinajstić information content (AvgIpc) is 3.08. The molecule has 1 amide bonds. The zero-order valence-electron chi connectivity index (χ0n) is 18.3. The molecule has 0 bridgehead atoms. The SMILES string of the molecule is O=C(COC(=O)c1cc2c(s1)CCCC2)Nc1cccc(S(=O)(=O)NC2=NCCCCC2)c1. The zero-order chi connectivity index (χ0) is 23.3. The number of amides is 1. The number of nitrogens with one attached hydrogen (secondary N) is 2. The van der Waals surface area contributed by atoms with Crippen LogP contribution in [0.5, 0.6) is 0 Å². The molecule has 1 aliphatic carbocycles. The van der Waals surface area contributed by atoms with Crippen molar-refractivity contribution in [1.82, 2.24) is 4.72 Å². The topological polar surface area (TPSA) is 114 Å². The number of anilines is 1. The van der Waals surface area contributed by atoms with E-state index < -0.39 is 28.5 Å². The number of thiophene rings is 1. The number of amidine groups is 1. The van der Waals surface area contributed by atoms with Crippen LogP contribution < -0.4 is 10.0 Å². The lowest BCUT2D eigenvalue weighted by atomic mass is 9.99. The van der Waals surface area contributed by atoms with Crippen LogP contribution in [0.1, 0.15) is 58.6 Å². The Morgan fingerprint density at radius 3 is 2.70 bits per heavy atom. The van der Waals surface area contributed by atoms with Crippen molar-refractivity contribution in [3.63, 3.8) is 0 Å². The molecule has 33 heavy (non-hydrogen) atoms. The maximum absolute atomic E-state index is 12.7. The van der Waals surface area contributed by atoms with Gasteiger partial charge >= 0.3 is 5.97 Å². The van der Waals surface area contributed by atoms with Gasteiger partial charge in [0, 0.05) is 23.5 Å². The fraction of sp³-hybridized carbons (Fsp3) is 0.435. The molecule has 2 aromatic rings. The summed E-state index contributed by atoms with van der Waals surface area (Å²) in [4.78, 5) is 30.7. The lowest BCUT2D eigenvalue weighted by molar-refractivity contribution is -0.119. The molecule has 1 aliphatic heterocycles. The molecule has 4 rings (SSSR count). The number of aryl methyl sites for hydroxylation is 2. The predicted octanol–water partition coefficient (Wildman–Crippen LogP) is 3.67. The van der Waals surface area contributed by atoms with E-state index in [0.29, 0.717) is 29.4 Å². The lowest BCUT2D eigenvalue weighted by Gasteiger charge is -2.11. The summed E-state index contributed by atoms with van der Waals surface area (Å²) in [5, 5.41) is 2.59. The first kappa shape index (κ1) is 23.4. The number of carbonyl (C=O) groups is 2. The van der Waals surface area contributed by atoms with E-state index in [1.54, 1.807) is 12.1 Å². The Morgan fingerprint density at radius 1 is 1.03 bits per heavy atom. The first-order valence-electron chi connectivity index (χ1n) is 11.2. The highest BCUT2D eigenvalue weighted by molar-refractivity contribution is 7.90. The van der Waals surface area contributed by atoms with Crippen molar-refractivity contribution in [2.75, 3.05) is 18.5 Å². The van der Waals surface area contributed by atoms with Crippen molar-refractivity contribution in [2.24, 2.45) is 4.99 Å². The van der Waals surface area contributed by atoms with Crippen molar-refractivity contribution < 1.29 is 22.7 Å². The Hall–Kier alpha value is -2.72. The third-order valence-electron chi connectivity index (χ3n) is 5.59. The molecule has 176 valence electrons.